The van der Waals surface area contributed by atoms with Crippen LogP contribution in [0.15, 0.2) is 70.6 Å². The van der Waals surface area contributed by atoms with Gasteiger partial charge in [0, 0.05) is 56.2 Å². The van der Waals surface area contributed by atoms with E-state index in [0.717, 1.165) is 68.8 Å². The van der Waals surface area contributed by atoms with Crippen LogP contribution in [0.25, 0.3) is 10.9 Å². The van der Waals surface area contributed by atoms with Gasteiger partial charge in [-0.2, -0.15) is 0 Å². The molecular formula is C28H29N5O. The van der Waals surface area contributed by atoms with E-state index in [2.05, 4.69) is 80.2 Å². The number of rotatable bonds is 5. The van der Waals surface area contributed by atoms with Crippen molar-refractivity contribution in [2.24, 2.45) is 4.99 Å². The molecule has 2 aliphatic rings. The van der Waals surface area contributed by atoms with Crippen molar-refractivity contribution in [3.63, 3.8) is 0 Å². The summed E-state index contributed by atoms with van der Waals surface area (Å²) in [6.07, 6.45) is 6.21. The first-order valence-electron chi connectivity index (χ1n) is 12.2. The number of nitrogens with one attached hydrogen (secondary N) is 1. The van der Waals surface area contributed by atoms with E-state index in [1.165, 1.54) is 22.0 Å². The lowest BCUT2D eigenvalue weighted by Crippen LogP contribution is -2.36. The van der Waals surface area contributed by atoms with Crippen LogP contribution in [-0.2, 0) is 26.1 Å². The molecule has 2 aliphatic heterocycles. The van der Waals surface area contributed by atoms with E-state index in [-0.39, 0.29) is 5.56 Å². The van der Waals surface area contributed by atoms with Crippen LogP contribution in [0.2, 0.25) is 0 Å². The molecule has 0 fully saturated rings. The summed E-state index contributed by atoms with van der Waals surface area (Å²) in [6, 6.07) is 19.2. The highest BCUT2D eigenvalue weighted by molar-refractivity contribution is 5.97. The second kappa shape index (κ2) is 9.03. The summed E-state index contributed by atoms with van der Waals surface area (Å²) >= 11 is 0. The van der Waals surface area contributed by atoms with E-state index in [0.29, 0.717) is 12.4 Å². The predicted molar refractivity (Wildman–Crippen MR) is 135 cm³/mol. The number of aromatic amines is 1. The molecule has 4 heterocycles. The minimum absolute atomic E-state index is 0.00974. The van der Waals surface area contributed by atoms with E-state index in [4.69, 9.17) is 4.98 Å². The lowest BCUT2D eigenvalue weighted by Gasteiger charge is -2.27. The number of para-hydroxylation sites is 1. The monoisotopic (exact) mass is 451 g/mol. The van der Waals surface area contributed by atoms with Crippen molar-refractivity contribution in [3.05, 3.63) is 99.4 Å². The molecule has 6 heteroatoms. The SMILES string of the molecule is O=c1[nH]c(C2=NCCCC2)nc2c1CN(Cc1cn(Cc3ccccc3)c3ccccc13)CC2. The van der Waals surface area contributed by atoms with E-state index in [1.807, 2.05) is 0 Å². The summed E-state index contributed by atoms with van der Waals surface area (Å²) in [5, 5.41) is 1.28. The van der Waals surface area contributed by atoms with Gasteiger partial charge in [0.1, 0.15) is 0 Å². The molecule has 172 valence electrons. The molecule has 1 N–H and O–H groups in total. The maximum absolute atomic E-state index is 13.0. The lowest BCUT2D eigenvalue weighted by molar-refractivity contribution is 0.242. The average Bonchev–Trinajstić information content (AvgIpc) is 3.22. The normalized spacial score (nSPS) is 16.4. The molecule has 0 amide bonds. The topological polar surface area (TPSA) is 66.3 Å². The quantitative estimate of drug-likeness (QED) is 0.492. The van der Waals surface area contributed by atoms with Crippen molar-refractivity contribution in [3.8, 4) is 0 Å². The molecule has 0 saturated heterocycles. The van der Waals surface area contributed by atoms with Gasteiger partial charge < -0.3 is 9.55 Å². The second-order valence-corrected chi connectivity index (χ2v) is 9.37. The third-order valence-corrected chi connectivity index (χ3v) is 7.01. The number of nitrogens with zero attached hydrogens (tertiary/aromatic N) is 4. The first-order chi connectivity index (χ1) is 16.7. The minimum Gasteiger partial charge on any atom is -0.343 e. The van der Waals surface area contributed by atoms with Crippen molar-refractivity contribution in [1.29, 1.82) is 0 Å². The van der Waals surface area contributed by atoms with Crippen LogP contribution in [0.3, 0.4) is 0 Å². The molecule has 2 aromatic carbocycles. The molecule has 0 aliphatic carbocycles. The fourth-order valence-corrected chi connectivity index (χ4v) is 5.24. The highest BCUT2D eigenvalue weighted by atomic mass is 16.1. The standard InChI is InChI=1S/C28H29N5O/c34-28-23-19-32(15-13-24(23)30-27(31-28)25-11-6-7-14-29-25)17-21-18-33(16-20-8-2-1-3-9-20)26-12-5-4-10-22(21)26/h1-5,8-10,12,18H,6-7,11,13-17,19H2,(H,30,31,34). The van der Waals surface area contributed by atoms with Gasteiger partial charge in [-0.1, -0.05) is 48.5 Å². The van der Waals surface area contributed by atoms with Crippen LogP contribution in [0.5, 0.6) is 0 Å². The fourth-order valence-electron chi connectivity index (χ4n) is 5.24. The highest BCUT2D eigenvalue weighted by Gasteiger charge is 2.23. The molecule has 0 atom stereocenters. The van der Waals surface area contributed by atoms with E-state index < -0.39 is 0 Å². The zero-order chi connectivity index (χ0) is 22.9. The highest BCUT2D eigenvalue weighted by Crippen LogP contribution is 2.26. The van der Waals surface area contributed by atoms with Crippen molar-refractivity contribution in [1.82, 2.24) is 19.4 Å². The van der Waals surface area contributed by atoms with Crippen LogP contribution in [0.4, 0.5) is 0 Å². The number of aromatic nitrogens is 3. The number of benzene rings is 2. The Morgan fingerprint density at radius 1 is 0.941 bits per heavy atom. The first-order valence-corrected chi connectivity index (χ1v) is 12.2. The van der Waals surface area contributed by atoms with Gasteiger partial charge in [0.25, 0.3) is 5.56 Å². The summed E-state index contributed by atoms with van der Waals surface area (Å²) in [7, 11) is 0. The Balaban J connectivity index is 1.25. The zero-order valence-corrected chi connectivity index (χ0v) is 19.3. The fraction of sp³-hybridized carbons (Fsp3) is 0.321. The predicted octanol–water partition coefficient (Wildman–Crippen LogP) is 4.30. The van der Waals surface area contributed by atoms with Gasteiger partial charge in [0.15, 0.2) is 5.82 Å². The van der Waals surface area contributed by atoms with Gasteiger partial charge >= 0.3 is 0 Å². The van der Waals surface area contributed by atoms with E-state index >= 15 is 0 Å². The van der Waals surface area contributed by atoms with Gasteiger partial charge in [-0.05, 0) is 36.5 Å². The molecule has 0 spiro atoms. The molecule has 0 radical (unpaired) electrons. The molecule has 0 bridgehead atoms. The molecular weight excluding hydrogens is 422 g/mol. The van der Waals surface area contributed by atoms with Gasteiger partial charge in [0.2, 0.25) is 0 Å². The van der Waals surface area contributed by atoms with Crippen LogP contribution >= 0.6 is 0 Å². The zero-order valence-electron chi connectivity index (χ0n) is 19.3. The van der Waals surface area contributed by atoms with Gasteiger partial charge in [0.05, 0.1) is 17.0 Å². The Kier molecular flexibility index (Phi) is 5.59. The summed E-state index contributed by atoms with van der Waals surface area (Å²) in [5.41, 5.74) is 6.53. The summed E-state index contributed by atoms with van der Waals surface area (Å²) in [4.78, 5) is 27.8. The Morgan fingerprint density at radius 2 is 1.79 bits per heavy atom. The number of hydrogen-bond donors (Lipinski definition) is 1. The van der Waals surface area contributed by atoms with Crippen molar-refractivity contribution < 1.29 is 0 Å². The van der Waals surface area contributed by atoms with E-state index in [9.17, 15) is 4.79 Å². The van der Waals surface area contributed by atoms with E-state index in [1.54, 1.807) is 0 Å². The van der Waals surface area contributed by atoms with Crippen LogP contribution in [-0.4, -0.2) is 38.2 Å². The third-order valence-electron chi connectivity index (χ3n) is 7.01. The smallest absolute Gasteiger partial charge is 0.255 e. The maximum atomic E-state index is 13.0. The molecule has 34 heavy (non-hydrogen) atoms. The first kappa shape index (κ1) is 21.1. The Labute approximate surface area is 199 Å². The Hall–Kier alpha value is -3.51. The van der Waals surface area contributed by atoms with Crippen LogP contribution in [0, 0.1) is 0 Å². The maximum Gasteiger partial charge on any atom is 0.255 e. The largest absolute Gasteiger partial charge is 0.343 e. The molecule has 2 aromatic heterocycles. The molecule has 4 aromatic rings. The third kappa shape index (κ3) is 4.10. The number of hydrogen-bond acceptors (Lipinski definition) is 4. The van der Waals surface area contributed by atoms with Crippen molar-refractivity contribution in [2.75, 3.05) is 13.1 Å². The number of aliphatic imine (C=N–C) groups is 1. The Bertz CT molecular complexity index is 1420. The molecule has 0 saturated carbocycles. The van der Waals surface area contributed by atoms with Gasteiger partial charge in [-0.3, -0.25) is 14.7 Å². The van der Waals surface area contributed by atoms with Gasteiger partial charge in [-0.25, -0.2) is 4.98 Å². The summed E-state index contributed by atoms with van der Waals surface area (Å²) in [5.74, 6) is 0.681. The summed E-state index contributed by atoms with van der Waals surface area (Å²) < 4.78 is 2.34. The van der Waals surface area contributed by atoms with Crippen LogP contribution in [0.1, 0.15) is 47.5 Å². The van der Waals surface area contributed by atoms with Crippen LogP contribution < -0.4 is 5.56 Å². The number of fused-ring (bicyclic) bond motifs is 2. The second-order valence-electron chi connectivity index (χ2n) is 9.37. The Morgan fingerprint density at radius 3 is 2.65 bits per heavy atom. The van der Waals surface area contributed by atoms with Gasteiger partial charge in [-0.15, -0.1) is 0 Å². The van der Waals surface area contributed by atoms with Crippen molar-refractivity contribution in [2.45, 2.75) is 45.3 Å². The minimum atomic E-state index is -0.00974. The molecule has 6 rings (SSSR count). The molecule has 0 unspecified atom stereocenters. The lowest BCUT2D eigenvalue weighted by atomic mass is 10.0. The average molecular weight is 452 g/mol. The summed E-state index contributed by atoms with van der Waals surface area (Å²) in [6.45, 7) is 4.02. The number of H-pyrrole nitrogens is 1. The molecule has 6 nitrogen and oxygen atoms in total. The van der Waals surface area contributed by atoms with Crippen molar-refractivity contribution >= 4 is 16.6 Å².